The van der Waals surface area contributed by atoms with Gasteiger partial charge in [0.05, 0.1) is 0 Å². The van der Waals surface area contributed by atoms with Crippen molar-refractivity contribution in [1.82, 2.24) is 19.6 Å². The number of rotatable bonds is 5. The number of hydrogen-bond donors (Lipinski definition) is 0. The summed E-state index contributed by atoms with van der Waals surface area (Å²) in [6, 6.07) is 13.3. The van der Waals surface area contributed by atoms with Crippen LogP contribution in [-0.4, -0.2) is 83.3 Å². The Labute approximate surface area is 275 Å². The third-order valence-corrected chi connectivity index (χ3v) is 21.9. The first-order valence-electron chi connectivity index (χ1n) is 18.5. The summed E-state index contributed by atoms with van der Waals surface area (Å²) >= 11 is 0. The van der Waals surface area contributed by atoms with Crippen molar-refractivity contribution in [1.29, 1.82) is 0 Å². The molecular weight excluding hydrogens is 672 g/mol. The van der Waals surface area contributed by atoms with Gasteiger partial charge in [0, 0.05) is 0 Å². The first-order valence-corrected chi connectivity index (χ1v) is 25.7. The predicted octanol–water partition coefficient (Wildman–Crippen LogP) is 8.57. The number of hydrogen-bond acceptors (Lipinski definition) is 4. The molecule has 4 aliphatic carbocycles. The maximum atomic E-state index is 8.84. The SMILES string of the molecule is [Cl][Ru]([Cl])(=[CH]c1ccccc1)(=[C]1N(C2CCCCC2)CCN1C1CCCCC1)=[C]1N(C2CCCCC2)CCN1C1CCCCC1. The molecular formula is C37H58Cl2N4Ru. The number of nitrogens with zero attached hydrogens (tertiary/aromatic N) is 4. The average molecular weight is 731 g/mol. The second-order valence-corrected chi connectivity index (χ2v) is 27.9. The van der Waals surface area contributed by atoms with Gasteiger partial charge >= 0.3 is 277 Å². The molecule has 0 atom stereocenters. The summed E-state index contributed by atoms with van der Waals surface area (Å²) in [6.45, 7) is 4.37. The number of benzene rings is 1. The van der Waals surface area contributed by atoms with E-state index in [1.54, 1.807) is 0 Å². The molecule has 2 heterocycles. The molecule has 2 saturated heterocycles. The molecule has 0 unspecified atom stereocenters. The van der Waals surface area contributed by atoms with Crippen LogP contribution in [0.25, 0.3) is 0 Å². The third-order valence-electron chi connectivity index (χ3n) is 11.8. The van der Waals surface area contributed by atoms with Crippen LogP contribution in [0.1, 0.15) is 134 Å². The van der Waals surface area contributed by atoms with Crippen molar-refractivity contribution in [2.75, 3.05) is 26.2 Å². The first-order chi connectivity index (χ1) is 21.5. The minimum atomic E-state index is -4.67. The van der Waals surface area contributed by atoms with E-state index >= 15 is 0 Å². The summed E-state index contributed by atoms with van der Waals surface area (Å²) in [4.78, 5) is 11.3. The van der Waals surface area contributed by atoms with Crippen LogP contribution in [0.5, 0.6) is 0 Å². The second-order valence-electron chi connectivity index (χ2n) is 14.7. The third kappa shape index (κ3) is 6.48. The van der Waals surface area contributed by atoms with E-state index in [-0.39, 0.29) is 0 Å². The maximum absolute atomic E-state index is 8.84. The van der Waals surface area contributed by atoms with Gasteiger partial charge in [0.1, 0.15) is 0 Å². The zero-order valence-corrected chi connectivity index (χ0v) is 30.4. The molecule has 2 aliphatic heterocycles. The van der Waals surface area contributed by atoms with Gasteiger partial charge in [-0.25, -0.2) is 0 Å². The van der Waals surface area contributed by atoms with E-state index in [1.807, 2.05) is 0 Å². The Bertz CT molecular complexity index is 1230. The Morgan fingerprint density at radius 3 is 1.05 bits per heavy atom. The van der Waals surface area contributed by atoms with E-state index in [4.69, 9.17) is 19.4 Å². The van der Waals surface area contributed by atoms with Crippen LogP contribution >= 0.6 is 19.4 Å². The zero-order chi connectivity index (χ0) is 30.0. The normalized spacial score (nSPS) is 28.5. The molecule has 6 fully saturated rings. The molecule has 248 valence electrons. The molecule has 0 spiro atoms. The van der Waals surface area contributed by atoms with Crippen LogP contribution in [-0.2, 0) is 10.3 Å². The van der Waals surface area contributed by atoms with Crippen molar-refractivity contribution in [2.45, 2.75) is 153 Å². The Morgan fingerprint density at radius 1 is 0.455 bits per heavy atom. The molecule has 4 saturated carbocycles. The van der Waals surface area contributed by atoms with Crippen molar-refractivity contribution in [3.05, 3.63) is 35.9 Å². The van der Waals surface area contributed by atoms with Crippen molar-refractivity contribution in [3.8, 4) is 0 Å². The van der Waals surface area contributed by atoms with Gasteiger partial charge in [-0.1, -0.05) is 0 Å². The van der Waals surface area contributed by atoms with Crippen molar-refractivity contribution in [2.24, 2.45) is 0 Å². The van der Waals surface area contributed by atoms with Crippen LogP contribution < -0.4 is 0 Å². The van der Waals surface area contributed by atoms with Gasteiger partial charge < -0.3 is 0 Å². The summed E-state index contributed by atoms with van der Waals surface area (Å²) in [5.74, 6) is 0. The molecule has 0 aromatic heterocycles. The molecule has 7 rings (SSSR count). The first kappa shape index (κ1) is 32.4. The average Bonchev–Trinajstić information content (AvgIpc) is 3.75. The molecule has 1 aromatic carbocycles. The summed E-state index contributed by atoms with van der Waals surface area (Å²) in [5, 5.41) is 0. The van der Waals surface area contributed by atoms with Crippen LogP contribution in [0.2, 0.25) is 0 Å². The summed E-state index contributed by atoms with van der Waals surface area (Å²) < 4.78 is 5.27. The second kappa shape index (κ2) is 14.2. The quantitative estimate of drug-likeness (QED) is 0.282. The van der Waals surface area contributed by atoms with Gasteiger partial charge in [-0.3, -0.25) is 0 Å². The van der Waals surface area contributed by atoms with E-state index in [0.717, 1.165) is 26.2 Å². The fraction of sp³-hybridized carbons (Fsp3) is 0.757. The fourth-order valence-corrected chi connectivity index (χ4v) is 22.2. The van der Waals surface area contributed by atoms with Gasteiger partial charge in [-0.05, 0) is 0 Å². The predicted molar refractivity (Wildman–Crippen MR) is 188 cm³/mol. The monoisotopic (exact) mass is 730 g/mol. The van der Waals surface area contributed by atoms with Crippen molar-refractivity contribution < 1.29 is 10.3 Å². The minimum absolute atomic E-state index is 0.571. The topological polar surface area (TPSA) is 13.0 Å². The molecule has 44 heavy (non-hydrogen) atoms. The van der Waals surface area contributed by atoms with Gasteiger partial charge in [-0.15, -0.1) is 0 Å². The summed E-state index contributed by atoms with van der Waals surface area (Å²) in [5.41, 5.74) is 1.21. The van der Waals surface area contributed by atoms with Gasteiger partial charge in [0.25, 0.3) is 0 Å². The van der Waals surface area contributed by atoms with Crippen LogP contribution in [0.15, 0.2) is 30.3 Å². The van der Waals surface area contributed by atoms with Gasteiger partial charge in [0.15, 0.2) is 0 Å². The van der Waals surface area contributed by atoms with E-state index < -0.39 is 10.3 Å². The molecule has 0 radical (unpaired) electrons. The van der Waals surface area contributed by atoms with Crippen LogP contribution in [0.3, 0.4) is 0 Å². The Balaban J connectivity index is 1.56. The number of halogens is 2. The molecule has 7 heteroatoms. The van der Waals surface area contributed by atoms with Gasteiger partial charge in [-0.2, -0.15) is 0 Å². The Kier molecular flexibility index (Phi) is 10.4. The fourth-order valence-electron chi connectivity index (χ4n) is 9.64. The standard InChI is InChI=1S/2C15H26N2.C7H6.2ClH.Ru/c2*1-3-7-14(8-4-1)16-11-12-17(13-16)15-9-5-2-6-10-15;1-7-5-3-2-4-6-7;;;/h2*14-15H,1-12H2;1-6H;2*1H;/q;;;;;+2/p-2. The molecule has 0 N–H and O–H groups in total. The van der Waals surface area contributed by atoms with E-state index in [2.05, 4.69) is 54.5 Å². The molecule has 6 aliphatic rings. The van der Waals surface area contributed by atoms with Crippen molar-refractivity contribution in [3.63, 3.8) is 0 Å². The molecule has 4 nitrogen and oxygen atoms in total. The molecule has 1 aromatic rings. The van der Waals surface area contributed by atoms with E-state index in [0.29, 0.717) is 24.2 Å². The van der Waals surface area contributed by atoms with E-state index in [1.165, 1.54) is 143 Å². The van der Waals surface area contributed by atoms with Crippen LogP contribution in [0, 0.1) is 0 Å². The Morgan fingerprint density at radius 2 is 0.750 bits per heavy atom. The van der Waals surface area contributed by atoms with Crippen molar-refractivity contribution >= 4 is 32.7 Å². The molecule has 0 amide bonds. The Hall–Kier alpha value is -0.127. The zero-order valence-electron chi connectivity index (χ0n) is 27.1. The van der Waals surface area contributed by atoms with Crippen LogP contribution in [0.4, 0.5) is 0 Å². The molecule has 0 bridgehead atoms. The summed E-state index contributed by atoms with van der Waals surface area (Å²) in [6.07, 6.45) is 26.5. The summed E-state index contributed by atoms with van der Waals surface area (Å²) in [7, 11) is 13.0. The van der Waals surface area contributed by atoms with E-state index in [9.17, 15) is 0 Å². The van der Waals surface area contributed by atoms with Gasteiger partial charge in [0.2, 0.25) is 0 Å².